The lowest BCUT2D eigenvalue weighted by Gasteiger charge is -2.11. The molecule has 0 amide bonds. The summed E-state index contributed by atoms with van der Waals surface area (Å²) in [7, 11) is 1.47. The van der Waals surface area contributed by atoms with Gasteiger partial charge in [-0.05, 0) is 30.5 Å². The summed E-state index contributed by atoms with van der Waals surface area (Å²) in [6, 6.07) is 5.03. The largest absolute Gasteiger partial charge is 0.494 e. The third-order valence-electron chi connectivity index (χ3n) is 3.48. The molecule has 2 rings (SSSR count). The van der Waals surface area contributed by atoms with Gasteiger partial charge >= 0.3 is 0 Å². The SMILES string of the molecule is COc1ccc(CNCCOC2CCCC2)cc1F. The predicted octanol–water partition coefficient (Wildman–Crippen LogP) is 2.88. The van der Waals surface area contributed by atoms with Gasteiger partial charge in [0.2, 0.25) is 0 Å². The van der Waals surface area contributed by atoms with E-state index in [1.165, 1.54) is 38.9 Å². The fourth-order valence-electron chi connectivity index (χ4n) is 2.41. The number of hydrogen-bond acceptors (Lipinski definition) is 3. The summed E-state index contributed by atoms with van der Waals surface area (Å²) in [5, 5.41) is 3.26. The van der Waals surface area contributed by atoms with Crippen LogP contribution in [0.1, 0.15) is 31.2 Å². The quantitative estimate of drug-likeness (QED) is 0.771. The smallest absolute Gasteiger partial charge is 0.165 e. The molecule has 0 radical (unpaired) electrons. The number of hydrogen-bond donors (Lipinski definition) is 1. The first-order valence-corrected chi connectivity index (χ1v) is 6.94. The van der Waals surface area contributed by atoms with E-state index in [1.54, 1.807) is 6.07 Å². The van der Waals surface area contributed by atoms with Crippen molar-refractivity contribution in [3.05, 3.63) is 29.6 Å². The van der Waals surface area contributed by atoms with Gasteiger partial charge in [-0.3, -0.25) is 0 Å². The summed E-state index contributed by atoms with van der Waals surface area (Å²) in [6.45, 7) is 2.17. The zero-order valence-corrected chi connectivity index (χ0v) is 11.5. The second kappa shape index (κ2) is 7.46. The number of methoxy groups -OCH3 is 1. The van der Waals surface area contributed by atoms with Gasteiger partial charge in [0.1, 0.15) is 0 Å². The molecule has 0 unspecified atom stereocenters. The summed E-state index contributed by atoms with van der Waals surface area (Å²) < 4.78 is 24.1. The first kappa shape index (κ1) is 14.3. The molecule has 106 valence electrons. The second-order valence-electron chi connectivity index (χ2n) is 4.92. The van der Waals surface area contributed by atoms with E-state index < -0.39 is 0 Å². The minimum absolute atomic E-state index is 0.285. The van der Waals surface area contributed by atoms with Crippen molar-refractivity contribution < 1.29 is 13.9 Å². The van der Waals surface area contributed by atoms with Crippen LogP contribution in [0.4, 0.5) is 4.39 Å². The number of halogens is 1. The maximum absolute atomic E-state index is 13.5. The summed E-state index contributed by atoms with van der Waals surface area (Å²) in [4.78, 5) is 0. The lowest BCUT2D eigenvalue weighted by atomic mass is 10.2. The van der Waals surface area contributed by atoms with E-state index in [1.807, 2.05) is 6.07 Å². The van der Waals surface area contributed by atoms with Crippen LogP contribution in [0.15, 0.2) is 18.2 Å². The van der Waals surface area contributed by atoms with Gasteiger partial charge in [-0.15, -0.1) is 0 Å². The van der Waals surface area contributed by atoms with E-state index in [0.29, 0.717) is 12.6 Å². The van der Waals surface area contributed by atoms with Crippen LogP contribution >= 0.6 is 0 Å². The Labute approximate surface area is 114 Å². The van der Waals surface area contributed by atoms with Crippen molar-refractivity contribution in [2.24, 2.45) is 0 Å². The maximum Gasteiger partial charge on any atom is 0.165 e. The standard InChI is InChI=1S/C15H22FNO2/c1-18-15-7-6-12(10-14(15)16)11-17-8-9-19-13-4-2-3-5-13/h6-7,10,13,17H,2-5,8-9,11H2,1H3. The number of nitrogens with one attached hydrogen (secondary N) is 1. The highest BCUT2D eigenvalue weighted by Gasteiger charge is 2.14. The third-order valence-corrected chi connectivity index (χ3v) is 3.48. The van der Waals surface area contributed by atoms with Crippen LogP contribution in [0.25, 0.3) is 0 Å². The molecule has 0 atom stereocenters. The van der Waals surface area contributed by atoms with Crippen LogP contribution in [-0.4, -0.2) is 26.4 Å². The van der Waals surface area contributed by atoms with Crippen molar-refractivity contribution >= 4 is 0 Å². The molecule has 1 saturated carbocycles. The number of benzene rings is 1. The Morgan fingerprint density at radius 1 is 1.32 bits per heavy atom. The Bertz CT molecular complexity index is 392. The van der Waals surface area contributed by atoms with Crippen molar-refractivity contribution in [2.75, 3.05) is 20.3 Å². The summed E-state index contributed by atoms with van der Waals surface area (Å²) in [6.07, 6.45) is 5.44. The van der Waals surface area contributed by atoms with E-state index >= 15 is 0 Å². The normalized spacial score (nSPS) is 15.9. The lowest BCUT2D eigenvalue weighted by molar-refractivity contribution is 0.0602. The molecule has 1 aromatic carbocycles. The first-order chi connectivity index (χ1) is 9.29. The fraction of sp³-hybridized carbons (Fsp3) is 0.600. The highest BCUT2D eigenvalue weighted by molar-refractivity contribution is 5.29. The van der Waals surface area contributed by atoms with Crippen LogP contribution in [0.2, 0.25) is 0 Å². The Hall–Kier alpha value is -1.13. The van der Waals surface area contributed by atoms with Gasteiger partial charge in [-0.1, -0.05) is 18.9 Å². The number of rotatable bonds is 7. The average molecular weight is 267 g/mol. The molecule has 1 N–H and O–H groups in total. The molecule has 0 heterocycles. The highest BCUT2D eigenvalue weighted by atomic mass is 19.1. The molecule has 19 heavy (non-hydrogen) atoms. The molecule has 4 heteroatoms. The third kappa shape index (κ3) is 4.48. The summed E-state index contributed by atoms with van der Waals surface area (Å²) in [5.74, 6) is -0.0303. The van der Waals surface area contributed by atoms with Gasteiger partial charge in [-0.25, -0.2) is 4.39 Å². The van der Waals surface area contributed by atoms with E-state index in [2.05, 4.69) is 5.32 Å². The van der Waals surface area contributed by atoms with Crippen LogP contribution in [-0.2, 0) is 11.3 Å². The molecule has 1 aromatic rings. The molecular formula is C15H22FNO2. The topological polar surface area (TPSA) is 30.5 Å². The van der Waals surface area contributed by atoms with Crippen molar-refractivity contribution in [3.63, 3.8) is 0 Å². The van der Waals surface area contributed by atoms with Crippen molar-refractivity contribution in [2.45, 2.75) is 38.3 Å². The van der Waals surface area contributed by atoms with E-state index in [-0.39, 0.29) is 11.6 Å². The molecule has 3 nitrogen and oxygen atoms in total. The van der Waals surface area contributed by atoms with Crippen LogP contribution in [0.3, 0.4) is 0 Å². The molecule has 1 aliphatic carbocycles. The molecule has 1 aliphatic rings. The molecule has 0 saturated heterocycles. The first-order valence-electron chi connectivity index (χ1n) is 6.94. The van der Waals surface area contributed by atoms with Crippen LogP contribution in [0.5, 0.6) is 5.75 Å². The predicted molar refractivity (Wildman–Crippen MR) is 72.9 cm³/mol. The van der Waals surface area contributed by atoms with Gasteiger partial charge in [0, 0.05) is 13.1 Å². The molecule has 0 aliphatic heterocycles. The highest BCUT2D eigenvalue weighted by Crippen LogP contribution is 2.20. The van der Waals surface area contributed by atoms with Crippen LogP contribution < -0.4 is 10.1 Å². The second-order valence-corrected chi connectivity index (χ2v) is 4.92. The van der Waals surface area contributed by atoms with Gasteiger partial charge in [-0.2, -0.15) is 0 Å². The lowest BCUT2D eigenvalue weighted by Crippen LogP contribution is -2.21. The fourth-order valence-corrected chi connectivity index (χ4v) is 2.41. The van der Waals surface area contributed by atoms with E-state index in [4.69, 9.17) is 9.47 Å². The molecule has 1 fully saturated rings. The van der Waals surface area contributed by atoms with Gasteiger partial charge in [0.25, 0.3) is 0 Å². The minimum Gasteiger partial charge on any atom is -0.494 e. The average Bonchev–Trinajstić information content (AvgIpc) is 2.92. The van der Waals surface area contributed by atoms with E-state index in [9.17, 15) is 4.39 Å². The zero-order valence-electron chi connectivity index (χ0n) is 11.5. The van der Waals surface area contributed by atoms with Gasteiger partial charge < -0.3 is 14.8 Å². The van der Waals surface area contributed by atoms with Crippen molar-refractivity contribution in [1.82, 2.24) is 5.32 Å². The zero-order chi connectivity index (χ0) is 13.5. The monoisotopic (exact) mass is 267 g/mol. The molecule has 0 bridgehead atoms. The maximum atomic E-state index is 13.5. The van der Waals surface area contributed by atoms with Crippen molar-refractivity contribution in [1.29, 1.82) is 0 Å². The molecule has 0 aromatic heterocycles. The number of ether oxygens (including phenoxy) is 2. The van der Waals surface area contributed by atoms with Gasteiger partial charge in [0.05, 0.1) is 19.8 Å². The Morgan fingerprint density at radius 3 is 2.79 bits per heavy atom. The Morgan fingerprint density at radius 2 is 2.11 bits per heavy atom. The van der Waals surface area contributed by atoms with Gasteiger partial charge in [0.15, 0.2) is 11.6 Å². The molecule has 0 spiro atoms. The van der Waals surface area contributed by atoms with Crippen molar-refractivity contribution in [3.8, 4) is 5.75 Å². The summed E-state index contributed by atoms with van der Waals surface area (Å²) in [5.41, 5.74) is 0.916. The van der Waals surface area contributed by atoms with E-state index in [0.717, 1.165) is 18.7 Å². The van der Waals surface area contributed by atoms with Crippen LogP contribution in [0, 0.1) is 5.82 Å². The summed E-state index contributed by atoms with van der Waals surface area (Å²) >= 11 is 0. The minimum atomic E-state index is -0.316. The molecular weight excluding hydrogens is 245 g/mol. The Kier molecular flexibility index (Phi) is 5.61. The Balaban J connectivity index is 1.63.